The highest BCUT2D eigenvalue weighted by Gasteiger charge is 2.38. The standard InChI is InChI=1S/C14H6N2O8.C4H11NO3/c17-10-4-2-6(14(23)24)15-8(4)7-3(12(19)20)1-5(13(21)22)16-9(7)11(10)18;5-4(1-6,2-7)3-8/h1-2,15H,(H,19,20)(H,21,22)(H,23,24);6-8H,1-3,5H2. The Balaban J connectivity index is 0.000000390. The van der Waals surface area contributed by atoms with Gasteiger partial charge in [-0.25, -0.2) is 19.4 Å². The van der Waals surface area contributed by atoms with Crippen molar-refractivity contribution in [3.8, 4) is 11.3 Å². The summed E-state index contributed by atoms with van der Waals surface area (Å²) in [6.45, 7) is -1.21. The molecule has 2 aromatic rings. The number of ketones is 2. The molecule has 1 aliphatic carbocycles. The number of nitrogens with one attached hydrogen (secondary N) is 1. The summed E-state index contributed by atoms with van der Waals surface area (Å²) in [6, 6.07) is 1.65. The number of Topliss-reactive ketones (excluding diaryl/α,β-unsaturated/α-hetero) is 2. The van der Waals surface area contributed by atoms with Crippen LogP contribution in [-0.2, 0) is 0 Å². The van der Waals surface area contributed by atoms with E-state index in [0.29, 0.717) is 0 Å². The largest absolute Gasteiger partial charge is 0.478 e. The molecule has 14 heteroatoms. The minimum atomic E-state index is -1.58. The number of nitrogens with two attached hydrogens (primary N) is 1. The molecule has 0 radical (unpaired) electrons. The van der Waals surface area contributed by atoms with Crippen molar-refractivity contribution >= 4 is 29.5 Å². The Hall–Kier alpha value is -3.98. The van der Waals surface area contributed by atoms with E-state index in [0.717, 1.165) is 12.1 Å². The van der Waals surface area contributed by atoms with Gasteiger partial charge in [0.05, 0.1) is 42.2 Å². The molecule has 32 heavy (non-hydrogen) atoms. The maximum Gasteiger partial charge on any atom is 0.354 e. The number of aromatic amines is 1. The number of aliphatic hydroxyl groups excluding tert-OH is 3. The van der Waals surface area contributed by atoms with Crippen molar-refractivity contribution < 1.29 is 54.6 Å². The second kappa shape index (κ2) is 9.03. The third-order valence-electron chi connectivity index (χ3n) is 4.38. The van der Waals surface area contributed by atoms with Crippen LogP contribution < -0.4 is 5.73 Å². The lowest BCUT2D eigenvalue weighted by molar-refractivity contribution is 0.0676. The molecule has 0 fully saturated rings. The highest BCUT2D eigenvalue weighted by Crippen LogP contribution is 2.35. The maximum absolute atomic E-state index is 12.1. The van der Waals surface area contributed by atoms with Crippen LogP contribution in [0.3, 0.4) is 0 Å². The Morgan fingerprint density at radius 1 is 0.906 bits per heavy atom. The molecule has 0 saturated heterocycles. The van der Waals surface area contributed by atoms with E-state index in [-0.39, 0.29) is 16.8 Å². The Labute approximate surface area is 177 Å². The monoisotopic (exact) mass is 451 g/mol. The number of pyridine rings is 1. The average molecular weight is 451 g/mol. The minimum absolute atomic E-state index is 0.200. The van der Waals surface area contributed by atoms with Gasteiger partial charge in [-0.05, 0) is 12.1 Å². The van der Waals surface area contributed by atoms with Crippen LogP contribution in [0, 0.1) is 0 Å². The number of carbonyl (C=O) groups excluding carboxylic acids is 2. The number of fused-ring (bicyclic) bond motifs is 3. The van der Waals surface area contributed by atoms with E-state index in [9.17, 15) is 29.1 Å². The van der Waals surface area contributed by atoms with Gasteiger partial charge in [0.25, 0.3) is 5.78 Å². The zero-order chi connectivity index (χ0) is 24.4. The fourth-order valence-corrected chi connectivity index (χ4v) is 2.57. The Morgan fingerprint density at radius 3 is 1.88 bits per heavy atom. The second-order valence-electron chi connectivity index (χ2n) is 6.66. The van der Waals surface area contributed by atoms with E-state index in [1.807, 2.05) is 0 Å². The van der Waals surface area contributed by atoms with Crippen LogP contribution in [0.5, 0.6) is 0 Å². The lowest BCUT2D eigenvalue weighted by atomic mass is 9.88. The Bertz CT molecular complexity index is 1120. The lowest BCUT2D eigenvalue weighted by Gasteiger charge is -2.20. The Kier molecular flexibility index (Phi) is 6.85. The van der Waals surface area contributed by atoms with Gasteiger partial charge in [-0.1, -0.05) is 0 Å². The van der Waals surface area contributed by atoms with Gasteiger partial charge >= 0.3 is 17.9 Å². The van der Waals surface area contributed by atoms with Crippen molar-refractivity contribution in [2.24, 2.45) is 5.73 Å². The first-order valence-electron chi connectivity index (χ1n) is 8.59. The van der Waals surface area contributed by atoms with E-state index in [2.05, 4.69) is 9.97 Å². The molecule has 0 aliphatic heterocycles. The van der Waals surface area contributed by atoms with E-state index >= 15 is 0 Å². The van der Waals surface area contributed by atoms with E-state index < -0.39 is 77.5 Å². The van der Waals surface area contributed by atoms with Gasteiger partial charge < -0.3 is 41.4 Å². The van der Waals surface area contributed by atoms with Crippen molar-refractivity contribution in [1.29, 1.82) is 0 Å². The van der Waals surface area contributed by atoms with Crippen molar-refractivity contribution in [1.82, 2.24) is 9.97 Å². The van der Waals surface area contributed by atoms with Crippen molar-refractivity contribution in [2.45, 2.75) is 5.54 Å². The van der Waals surface area contributed by atoms with Crippen LogP contribution in [0.25, 0.3) is 11.3 Å². The summed E-state index contributed by atoms with van der Waals surface area (Å²) in [7, 11) is 0. The summed E-state index contributed by atoms with van der Waals surface area (Å²) in [4.78, 5) is 63.7. The number of hydrogen-bond acceptors (Lipinski definition) is 10. The summed E-state index contributed by atoms with van der Waals surface area (Å²) >= 11 is 0. The molecule has 1 aliphatic rings. The predicted molar refractivity (Wildman–Crippen MR) is 102 cm³/mol. The number of carboxylic acids is 3. The minimum Gasteiger partial charge on any atom is -0.478 e. The lowest BCUT2D eigenvalue weighted by Crippen LogP contribution is -2.50. The van der Waals surface area contributed by atoms with Crippen molar-refractivity contribution in [2.75, 3.05) is 19.8 Å². The third-order valence-corrected chi connectivity index (χ3v) is 4.38. The molecule has 2 heterocycles. The van der Waals surface area contributed by atoms with Crippen LogP contribution >= 0.6 is 0 Å². The van der Waals surface area contributed by atoms with E-state index in [4.69, 9.17) is 31.3 Å². The first-order valence-corrected chi connectivity index (χ1v) is 8.59. The molecular weight excluding hydrogens is 434 g/mol. The number of carboxylic acid groups (broad SMARTS) is 3. The highest BCUT2D eigenvalue weighted by atomic mass is 16.4. The number of H-pyrrole nitrogens is 1. The molecule has 0 unspecified atom stereocenters. The molecule has 0 atom stereocenters. The molecule has 0 bridgehead atoms. The van der Waals surface area contributed by atoms with Crippen molar-refractivity contribution in [3.63, 3.8) is 0 Å². The van der Waals surface area contributed by atoms with Crippen LogP contribution in [0.15, 0.2) is 12.1 Å². The normalized spacial score (nSPS) is 12.4. The summed E-state index contributed by atoms with van der Waals surface area (Å²) in [5.41, 5.74) is 0.730. The topological polar surface area (TPSA) is 261 Å². The highest BCUT2D eigenvalue weighted by molar-refractivity contribution is 6.52. The smallest absolute Gasteiger partial charge is 0.354 e. The van der Waals surface area contributed by atoms with Crippen LogP contribution in [0.1, 0.15) is 52.2 Å². The third kappa shape index (κ3) is 4.37. The first kappa shape index (κ1) is 24.3. The molecular formula is C18H17N3O11. The molecule has 0 aromatic carbocycles. The quantitative estimate of drug-likeness (QED) is 0.226. The van der Waals surface area contributed by atoms with Gasteiger partial charge in [-0.3, -0.25) is 9.59 Å². The van der Waals surface area contributed by atoms with E-state index in [1.165, 1.54) is 0 Å². The molecule has 0 saturated carbocycles. The molecule has 0 amide bonds. The molecule has 0 spiro atoms. The molecule has 3 rings (SSSR count). The van der Waals surface area contributed by atoms with Gasteiger partial charge in [0.1, 0.15) is 17.1 Å². The summed E-state index contributed by atoms with van der Waals surface area (Å²) in [5.74, 6) is -6.87. The van der Waals surface area contributed by atoms with E-state index in [1.54, 1.807) is 0 Å². The fourth-order valence-electron chi connectivity index (χ4n) is 2.57. The van der Waals surface area contributed by atoms with Crippen LogP contribution in [-0.4, -0.2) is 95.4 Å². The number of rotatable bonds is 6. The van der Waals surface area contributed by atoms with Gasteiger partial charge in [-0.15, -0.1) is 0 Å². The summed E-state index contributed by atoms with van der Waals surface area (Å²) in [5, 5.41) is 52.3. The Morgan fingerprint density at radius 2 is 1.47 bits per heavy atom. The fraction of sp³-hybridized carbons (Fsp3) is 0.222. The van der Waals surface area contributed by atoms with Gasteiger partial charge in [0.15, 0.2) is 0 Å². The second-order valence-corrected chi connectivity index (χ2v) is 6.66. The van der Waals surface area contributed by atoms with Crippen LogP contribution in [0.4, 0.5) is 0 Å². The number of carbonyl (C=O) groups is 5. The average Bonchev–Trinajstić information content (AvgIpc) is 3.22. The predicted octanol–water partition coefficient (Wildman–Crippen LogP) is -1.79. The zero-order valence-corrected chi connectivity index (χ0v) is 16.0. The van der Waals surface area contributed by atoms with Crippen LogP contribution in [0.2, 0.25) is 0 Å². The molecule has 14 nitrogen and oxygen atoms in total. The molecule has 170 valence electrons. The number of hydrogen-bond donors (Lipinski definition) is 8. The number of aliphatic hydroxyl groups is 3. The first-order chi connectivity index (χ1) is 14.9. The van der Waals surface area contributed by atoms with Gasteiger partial charge in [0, 0.05) is 5.56 Å². The summed E-state index contributed by atoms with van der Waals surface area (Å²) < 4.78 is 0. The number of aromatic carboxylic acids is 3. The summed E-state index contributed by atoms with van der Waals surface area (Å²) in [6.07, 6.45) is 0. The van der Waals surface area contributed by atoms with Gasteiger partial charge in [0.2, 0.25) is 5.78 Å². The number of nitrogens with zero attached hydrogens (tertiary/aromatic N) is 1. The number of aromatic nitrogens is 2. The van der Waals surface area contributed by atoms with Crippen molar-refractivity contribution in [3.05, 3.63) is 40.3 Å². The van der Waals surface area contributed by atoms with Gasteiger partial charge in [-0.2, -0.15) is 0 Å². The maximum atomic E-state index is 12.1. The zero-order valence-electron chi connectivity index (χ0n) is 16.0. The molecule has 9 N–H and O–H groups in total. The molecule has 2 aromatic heterocycles. The SMILES string of the molecule is NC(CO)(CO)CO.O=C(O)c1cc(C(=O)O)c2c(n1)C(=O)C(=O)c1cc(C(=O)O)[nH]c1-2.